The molecule has 0 aliphatic rings. The van der Waals surface area contributed by atoms with E-state index in [1.54, 1.807) is 25.9 Å². The molecule has 1 unspecified atom stereocenters. The molecular formula is C15H25N3O2S. The highest BCUT2D eigenvalue weighted by Crippen LogP contribution is 2.26. The first-order valence-corrected chi connectivity index (χ1v) is 8.33. The van der Waals surface area contributed by atoms with E-state index in [9.17, 15) is 0 Å². The number of rotatable bonds is 8. The second-order valence-electron chi connectivity index (χ2n) is 4.45. The SMILES string of the molecule is CN=C(NCCSC)NCC(C)Oc1ccccc1OC. The Labute approximate surface area is 131 Å². The van der Waals surface area contributed by atoms with Gasteiger partial charge in [0.15, 0.2) is 17.5 Å². The molecule has 1 rings (SSSR count). The number of nitrogens with zero attached hydrogens (tertiary/aromatic N) is 1. The van der Waals surface area contributed by atoms with Gasteiger partial charge in [0.25, 0.3) is 0 Å². The van der Waals surface area contributed by atoms with Gasteiger partial charge in [0.1, 0.15) is 6.10 Å². The highest BCUT2D eigenvalue weighted by molar-refractivity contribution is 7.98. The van der Waals surface area contributed by atoms with Gasteiger partial charge in [-0.1, -0.05) is 12.1 Å². The van der Waals surface area contributed by atoms with Crippen LogP contribution >= 0.6 is 11.8 Å². The number of guanidine groups is 1. The number of nitrogens with one attached hydrogen (secondary N) is 2. The van der Waals surface area contributed by atoms with Crippen LogP contribution in [-0.4, -0.2) is 51.3 Å². The van der Waals surface area contributed by atoms with Crippen molar-refractivity contribution in [2.75, 3.05) is 39.3 Å². The summed E-state index contributed by atoms with van der Waals surface area (Å²) in [7, 11) is 3.41. The normalized spacial score (nSPS) is 12.7. The third-order valence-electron chi connectivity index (χ3n) is 2.78. The molecule has 1 atom stereocenters. The molecule has 0 aliphatic carbocycles. The molecule has 0 saturated carbocycles. The van der Waals surface area contributed by atoms with Crippen LogP contribution in [-0.2, 0) is 0 Å². The molecule has 0 heterocycles. The van der Waals surface area contributed by atoms with Crippen LogP contribution in [0.25, 0.3) is 0 Å². The van der Waals surface area contributed by atoms with E-state index in [1.807, 2.05) is 31.2 Å². The number of benzene rings is 1. The van der Waals surface area contributed by atoms with E-state index in [2.05, 4.69) is 21.9 Å². The van der Waals surface area contributed by atoms with Crippen LogP contribution in [0, 0.1) is 0 Å². The maximum absolute atomic E-state index is 5.88. The summed E-state index contributed by atoms with van der Waals surface area (Å²) >= 11 is 1.80. The number of para-hydroxylation sites is 2. The minimum absolute atomic E-state index is 0.000371. The van der Waals surface area contributed by atoms with E-state index in [4.69, 9.17) is 9.47 Å². The molecule has 0 spiro atoms. The van der Waals surface area contributed by atoms with Gasteiger partial charge in [-0.25, -0.2) is 0 Å². The van der Waals surface area contributed by atoms with E-state index in [0.29, 0.717) is 6.54 Å². The zero-order valence-corrected chi connectivity index (χ0v) is 14.0. The second-order valence-corrected chi connectivity index (χ2v) is 5.44. The lowest BCUT2D eigenvalue weighted by atomic mass is 10.3. The Morgan fingerprint density at radius 3 is 2.62 bits per heavy atom. The third-order valence-corrected chi connectivity index (χ3v) is 3.39. The molecule has 21 heavy (non-hydrogen) atoms. The van der Waals surface area contributed by atoms with Crippen LogP contribution in [0.4, 0.5) is 0 Å². The first-order chi connectivity index (χ1) is 10.2. The molecule has 1 aromatic carbocycles. The quantitative estimate of drug-likeness (QED) is 0.437. The number of aliphatic imine (C=N–C) groups is 1. The van der Waals surface area contributed by atoms with Crippen molar-refractivity contribution in [1.29, 1.82) is 0 Å². The largest absolute Gasteiger partial charge is 0.493 e. The van der Waals surface area contributed by atoms with Crippen LogP contribution in [0.5, 0.6) is 11.5 Å². The monoisotopic (exact) mass is 311 g/mol. The molecule has 0 aliphatic heterocycles. The Morgan fingerprint density at radius 1 is 1.29 bits per heavy atom. The van der Waals surface area contributed by atoms with Gasteiger partial charge >= 0.3 is 0 Å². The maximum atomic E-state index is 5.88. The maximum Gasteiger partial charge on any atom is 0.191 e. The number of thioether (sulfide) groups is 1. The van der Waals surface area contributed by atoms with E-state index in [1.165, 1.54) is 0 Å². The summed E-state index contributed by atoms with van der Waals surface area (Å²) in [4.78, 5) is 4.18. The second kappa shape index (κ2) is 10.2. The summed E-state index contributed by atoms with van der Waals surface area (Å²) in [6, 6.07) is 7.65. The third kappa shape index (κ3) is 6.62. The van der Waals surface area contributed by atoms with Crippen LogP contribution in [0.2, 0.25) is 0 Å². The van der Waals surface area contributed by atoms with Crippen molar-refractivity contribution in [2.24, 2.45) is 4.99 Å². The van der Waals surface area contributed by atoms with Crippen molar-refractivity contribution in [3.05, 3.63) is 24.3 Å². The Kier molecular flexibility index (Phi) is 8.50. The fraction of sp³-hybridized carbons (Fsp3) is 0.533. The van der Waals surface area contributed by atoms with Crippen LogP contribution in [0.3, 0.4) is 0 Å². The van der Waals surface area contributed by atoms with Crippen molar-refractivity contribution in [1.82, 2.24) is 10.6 Å². The molecule has 0 radical (unpaired) electrons. The molecule has 0 aromatic heterocycles. The average molecular weight is 311 g/mol. The lowest BCUT2D eigenvalue weighted by Crippen LogP contribution is -2.42. The smallest absolute Gasteiger partial charge is 0.191 e. The van der Waals surface area contributed by atoms with Gasteiger partial charge in [-0.3, -0.25) is 4.99 Å². The number of ether oxygens (including phenoxy) is 2. The van der Waals surface area contributed by atoms with Gasteiger partial charge in [-0.15, -0.1) is 0 Å². The first kappa shape index (κ1) is 17.5. The van der Waals surface area contributed by atoms with E-state index in [0.717, 1.165) is 29.8 Å². The summed E-state index contributed by atoms with van der Waals surface area (Å²) in [6.07, 6.45) is 2.08. The van der Waals surface area contributed by atoms with Gasteiger partial charge in [0.05, 0.1) is 13.7 Å². The van der Waals surface area contributed by atoms with Gasteiger partial charge in [0.2, 0.25) is 0 Å². The van der Waals surface area contributed by atoms with Gasteiger partial charge < -0.3 is 20.1 Å². The lowest BCUT2D eigenvalue weighted by Gasteiger charge is -2.19. The van der Waals surface area contributed by atoms with Crippen molar-refractivity contribution >= 4 is 17.7 Å². The van der Waals surface area contributed by atoms with Crippen molar-refractivity contribution in [3.63, 3.8) is 0 Å². The standard InChI is InChI=1S/C15H25N3O2S/c1-12(11-18-15(16-2)17-9-10-21-4)20-14-8-6-5-7-13(14)19-3/h5-8,12H,9-11H2,1-4H3,(H2,16,17,18). The molecule has 118 valence electrons. The van der Waals surface area contributed by atoms with Gasteiger partial charge in [0, 0.05) is 19.3 Å². The van der Waals surface area contributed by atoms with Crippen LogP contribution < -0.4 is 20.1 Å². The molecule has 0 saturated heterocycles. The molecule has 6 heteroatoms. The number of hydrogen-bond donors (Lipinski definition) is 2. The van der Waals surface area contributed by atoms with Gasteiger partial charge in [-0.05, 0) is 25.3 Å². The molecule has 0 fully saturated rings. The molecule has 5 nitrogen and oxygen atoms in total. The van der Waals surface area contributed by atoms with Crippen molar-refractivity contribution < 1.29 is 9.47 Å². The molecule has 2 N–H and O–H groups in total. The molecule has 1 aromatic rings. The van der Waals surface area contributed by atoms with Crippen LogP contribution in [0.15, 0.2) is 29.3 Å². The van der Waals surface area contributed by atoms with E-state index >= 15 is 0 Å². The highest BCUT2D eigenvalue weighted by Gasteiger charge is 2.09. The zero-order valence-electron chi connectivity index (χ0n) is 13.2. The summed E-state index contributed by atoms with van der Waals surface area (Å²) in [5, 5.41) is 6.50. The number of hydrogen-bond acceptors (Lipinski definition) is 4. The summed E-state index contributed by atoms with van der Waals surface area (Å²) in [5.74, 6) is 3.33. The molecule has 0 bridgehead atoms. The fourth-order valence-electron chi connectivity index (χ4n) is 1.71. The predicted octanol–water partition coefficient (Wildman–Crippen LogP) is 1.99. The van der Waals surface area contributed by atoms with Gasteiger partial charge in [-0.2, -0.15) is 11.8 Å². The molecular weight excluding hydrogens is 286 g/mol. The topological polar surface area (TPSA) is 54.9 Å². The minimum atomic E-state index is 0.000371. The Morgan fingerprint density at radius 2 is 2.00 bits per heavy atom. The number of methoxy groups -OCH3 is 1. The summed E-state index contributed by atoms with van der Waals surface area (Å²) in [6.45, 7) is 3.56. The zero-order chi connectivity index (χ0) is 15.5. The Bertz CT molecular complexity index is 441. The highest BCUT2D eigenvalue weighted by atomic mass is 32.2. The predicted molar refractivity (Wildman–Crippen MR) is 90.8 cm³/mol. The van der Waals surface area contributed by atoms with Crippen molar-refractivity contribution in [2.45, 2.75) is 13.0 Å². The minimum Gasteiger partial charge on any atom is -0.493 e. The molecule has 0 amide bonds. The Hall–Kier alpha value is -1.56. The average Bonchev–Trinajstić information content (AvgIpc) is 2.51. The fourth-order valence-corrected chi connectivity index (χ4v) is 2.01. The summed E-state index contributed by atoms with van der Waals surface area (Å²) in [5.41, 5.74) is 0. The summed E-state index contributed by atoms with van der Waals surface area (Å²) < 4.78 is 11.2. The first-order valence-electron chi connectivity index (χ1n) is 6.94. The Balaban J connectivity index is 2.40. The van der Waals surface area contributed by atoms with E-state index < -0.39 is 0 Å². The lowest BCUT2D eigenvalue weighted by molar-refractivity contribution is 0.213. The van der Waals surface area contributed by atoms with Crippen LogP contribution in [0.1, 0.15) is 6.92 Å². The van der Waals surface area contributed by atoms with E-state index in [-0.39, 0.29) is 6.10 Å². The van der Waals surface area contributed by atoms with Crippen molar-refractivity contribution in [3.8, 4) is 11.5 Å².